The maximum Gasteiger partial charge on any atom is 0.0846 e. The molecular formula is C11H7Cl2N3. The van der Waals surface area contributed by atoms with Crippen molar-refractivity contribution < 1.29 is 0 Å². The molecule has 0 saturated carbocycles. The van der Waals surface area contributed by atoms with E-state index in [1.165, 1.54) is 0 Å². The summed E-state index contributed by atoms with van der Waals surface area (Å²) >= 11 is 11.9. The van der Waals surface area contributed by atoms with E-state index in [1.807, 2.05) is 6.07 Å². The van der Waals surface area contributed by atoms with E-state index in [2.05, 4.69) is 5.10 Å². The minimum atomic E-state index is 0.283. The summed E-state index contributed by atoms with van der Waals surface area (Å²) in [7, 11) is 0. The van der Waals surface area contributed by atoms with Gasteiger partial charge in [-0.25, -0.2) is 4.68 Å². The summed E-state index contributed by atoms with van der Waals surface area (Å²) in [6.07, 6.45) is 2.04. The molecule has 0 fully saturated rings. The third kappa shape index (κ3) is 2.19. The van der Waals surface area contributed by atoms with E-state index in [0.29, 0.717) is 21.4 Å². The predicted molar refractivity (Wildman–Crippen MR) is 62.9 cm³/mol. The summed E-state index contributed by atoms with van der Waals surface area (Å²) < 4.78 is 1.61. The van der Waals surface area contributed by atoms with Crippen LogP contribution in [-0.2, 0) is 6.42 Å². The molecule has 80 valence electrons. The Morgan fingerprint density at radius 1 is 1.31 bits per heavy atom. The van der Waals surface area contributed by atoms with Gasteiger partial charge in [0.2, 0.25) is 0 Å². The molecule has 0 radical (unpaired) electrons. The van der Waals surface area contributed by atoms with Crippen LogP contribution in [0.1, 0.15) is 5.69 Å². The smallest absolute Gasteiger partial charge is 0.0846 e. The first-order chi connectivity index (χ1) is 7.70. The van der Waals surface area contributed by atoms with E-state index in [9.17, 15) is 0 Å². The van der Waals surface area contributed by atoms with Gasteiger partial charge in [0.1, 0.15) is 0 Å². The van der Waals surface area contributed by atoms with Crippen molar-refractivity contribution in [2.45, 2.75) is 6.42 Å². The number of rotatable bonds is 2. The lowest BCUT2D eigenvalue weighted by molar-refractivity contribution is 0.853. The lowest BCUT2D eigenvalue weighted by atomic mass is 10.3. The number of benzene rings is 1. The molecule has 0 saturated heterocycles. The van der Waals surface area contributed by atoms with Crippen molar-refractivity contribution in [3.63, 3.8) is 0 Å². The van der Waals surface area contributed by atoms with E-state index in [0.717, 1.165) is 0 Å². The summed E-state index contributed by atoms with van der Waals surface area (Å²) in [5, 5.41) is 13.9. The topological polar surface area (TPSA) is 41.6 Å². The van der Waals surface area contributed by atoms with Gasteiger partial charge in [0.25, 0.3) is 0 Å². The average molecular weight is 252 g/mol. The van der Waals surface area contributed by atoms with Crippen LogP contribution in [0.5, 0.6) is 0 Å². The summed E-state index contributed by atoms with van der Waals surface area (Å²) in [6, 6.07) is 8.98. The highest BCUT2D eigenvalue weighted by Crippen LogP contribution is 2.23. The number of nitrogens with zero attached hydrogens (tertiary/aromatic N) is 3. The van der Waals surface area contributed by atoms with E-state index in [4.69, 9.17) is 28.5 Å². The molecule has 16 heavy (non-hydrogen) atoms. The molecule has 0 bridgehead atoms. The first-order valence-electron chi connectivity index (χ1n) is 4.57. The minimum Gasteiger partial charge on any atom is -0.239 e. The Bertz CT molecular complexity index is 555. The molecule has 2 aromatic rings. The molecule has 0 atom stereocenters. The fourth-order valence-corrected chi connectivity index (χ4v) is 1.70. The summed E-state index contributed by atoms with van der Waals surface area (Å²) in [5.41, 5.74) is 1.41. The highest BCUT2D eigenvalue weighted by atomic mass is 35.5. The molecule has 0 amide bonds. The normalized spacial score (nSPS) is 10.1. The van der Waals surface area contributed by atoms with Crippen molar-refractivity contribution in [1.29, 1.82) is 5.26 Å². The second-order valence-electron chi connectivity index (χ2n) is 3.18. The van der Waals surface area contributed by atoms with Crippen molar-refractivity contribution in [3.05, 3.63) is 46.2 Å². The zero-order valence-electron chi connectivity index (χ0n) is 8.19. The Morgan fingerprint density at radius 3 is 2.88 bits per heavy atom. The number of aromatic nitrogens is 2. The summed E-state index contributed by atoms with van der Waals surface area (Å²) in [6.45, 7) is 0. The van der Waals surface area contributed by atoms with Crippen LogP contribution in [0.3, 0.4) is 0 Å². The van der Waals surface area contributed by atoms with Crippen molar-refractivity contribution in [2.75, 3.05) is 0 Å². The number of hydrogen-bond donors (Lipinski definition) is 0. The van der Waals surface area contributed by atoms with Gasteiger partial charge < -0.3 is 0 Å². The fourth-order valence-electron chi connectivity index (χ4n) is 1.33. The molecule has 1 aromatic carbocycles. The zero-order valence-corrected chi connectivity index (χ0v) is 9.70. The van der Waals surface area contributed by atoms with Gasteiger partial charge in [-0.2, -0.15) is 10.4 Å². The second-order valence-corrected chi connectivity index (χ2v) is 4.03. The van der Waals surface area contributed by atoms with Crippen LogP contribution in [0.15, 0.2) is 30.5 Å². The maximum atomic E-state index is 8.55. The van der Waals surface area contributed by atoms with E-state index >= 15 is 0 Å². The van der Waals surface area contributed by atoms with Crippen LogP contribution in [0.25, 0.3) is 5.69 Å². The van der Waals surface area contributed by atoms with Gasteiger partial charge in [-0.3, -0.25) is 0 Å². The van der Waals surface area contributed by atoms with Crippen molar-refractivity contribution in [2.24, 2.45) is 0 Å². The maximum absolute atomic E-state index is 8.55. The number of hydrogen-bond acceptors (Lipinski definition) is 2. The number of nitriles is 1. The van der Waals surface area contributed by atoms with Crippen molar-refractivity contribution in [1.82, 2.24) is 9.78 Å². The molecule has 3 nitrogen and oxygen atoms in total. The summed E-state index contributed by atoms with van der Waals surface area (Å²) in [4.78, 5) is 0. The molecule has 0 unspecified atom stereocenters. The molecule has 0 aliphatic heterocycles. The largest absolute Gasteiger partial charge is 0.239 e. The zero-order chi connectivity index (χ0) is 11.5. The van der Waals surface area contributed by atoms with E-state index in [1.54, 1.807) is 35.1 Å². The predicted octanol–water partition coefficient (Wildman–Crippen LogP) is 3.25. The molecule has 1 heterocycles. The molecule has 0 aliphatic carbocycles. The SMILES string of the molecule is N#CCc1ccn(-c2cc(Cl)ccc2Cl)n1. The average Bonchev–Trinajstić information content (AvgIpc) is 2.71. The lowest BCUT2D eigenvalue weighted by Gasteiger charge is -2.04. The van der Waals surface area contributed by atoms with Gasteiger partial charge in [0, 0.05) is 11.2 Å². The first kappa shape index (κ1) is 11.0. The summed E-state index contributed by atoms with van der Waals surface area (Å²) in [5.74, 6) is 0. The lowest BCUT2D eigenvalue weighted by Crippen LogP contribution is -1.96. The van der Waals surface area contributed by atoms with E-state index < -0.39 is 0 Å². The van der Waals surface area contributed by atoms with Crippen LogP contribution >= 0.6 is 23.2 Å². The van der Waals surface area contributed by atoms with Crippen molar-refractivity contribution in [3.8, 4) is 11.8 Å². The van der Waals surface area contributed by atoms with E-state index in [-0.39, 0.29) is 6.42 Å². The Hall–Kier alpha value is -1.50. The Kier molecular flexibility index (Phi) is 3.14. The third-order valence-electron chi connectivity index (χ3n) is 2.06. The minimum absolute atomic E-state index is 0.283. The van der Waals surface area contributed by atoms with Gasteiger partial charge in [-0.1, -0.05) is 23.2 Å². The molecular weight excluding hydrogens is 245 g/mol. The van der Waals surface area contributed by atoms with Gasteiger partial charge in [0.15, 0.2) is 0 Å². The highest BCUT2D eigenvalue weighted by molar-refractivity contribution is 6.34. The Morgan fingerprint density at radius 2 is 2.12 bits per heavy atom. The quantitative estimate of drug-likeness (QED) is 0.823. The first-order valence-corrected chi connectivity index (χ1v) is 5.33. The van der Waals surface area contributed by atoms with Crippen LogP contribution in [0.2, 0.25) is 10.0 Å². The van der Waals surface area contributed by atoms with Gasteiger partial charge in [-0.15, -0.1) is 0 Å². The fraction of sp³-hybridized carbons (Fsp3) is 0.0909. The standard InChI is InChI=1S/C11H7Cl2N3/c12-8-1-2-10(13)11(7-8)16-6-4-9(15-16)3-5-14/h1-2,4,6-7H,3H2. The van der Waals surface area contributed by atoms with Gasteiger partial charge >= 0.3 is 0 Å². The third-order valence-corrected chi connectivity index (χ3v) is 2.61. The van der Waals surface area contributed by atoms with Gasteiger partial charge in [-0.05, 0) is 24.3 Å². The van der Waals surface area contributed by atoms with Gasteiger partial charge in [0.05, 0.1) is 28.9 Å². The molecule has 5 heteroatoms. The van der Waals surface area contributed by atoms with Crippen LogP contribution in [0.4, 0.5) is 0 Å². The van der Waals surface area contributed by atoms with Crippen LogP contribution in [-0.4, -0.2) is 9.78 Å². The monoisotopic (exact) mass is 251 g/mol. The molecule has 1 aromatic heterocycles. The molecule has 0 aliphatic rings. The van der Waals surface area contributed by atoms with Crippen molar-refractivity contribution >= 4 is 23.2 Å². The molecule has 2 rings (SSSR count). The van der Waals surface area contributed by atoms with Crippen LogP contribution in [0, 0.1) is 11.3 Å². The Labute approximate surface area is 103 Å². The van der Waals surface area contributed by atoms with Crippen LogP contribution < -0.4 is 0 Å². The highest BCUT2D eigenvalue weighted by Gasteiger charge is 2.05. The molecule has 0 N–H and O–H groups in total. The number of halogens is 2. The second kappa shape index (κ2) is 4.56. The Balaban J connectivity index is 2.42. The molecule has 0 spiro atoms.